The second kappa shape index (κ2) is 6.90. The number of carbonyl (C=O) groups is 2. The average Bonchev–Trinajstić information content (AvgIpc) is 2.85. The molecule has 1 aliphatic rings. The maximum absolute atomic E-state index is 12.9. The quantitative estimate of drug-likeness (QED) is 0.805. The largest absolute Gasteiger partial charge is 0.466 e. The molecular weight excluding hydrogens is 316 g/mol. The van der Waals surface area contributed by atoms with Crippen molar-refractivity contribution in [3.8, 4) is 0 Å². The van der Waals surface area contributed by atoms with Gasteiger partial charge in [0.15, 0.2) is 0 Å². The second-order valence-electron chi connectivity index (χ2n) is 6.82. The standard InChI is InChI=1S/C20H26N2O3/c1-5-25-20(24)15-8-10-22(11-9-15)19(23)16-6-7-18-17(12-16)13(2)14(3)21(18)4/h6-7,12,15H,5,8-11H2,1-4H3. The summed E-state index contributed by atoms with van der Waals surface area (Å²) in [5.74, 6) is -0.165. The van der Waals surface area contributed by atoms with Crippen LogP contribution in [-0.2, 0) is 16.6 Å². The van der Waals surface area contributed by atoms with E-state index in [-0.39, 0.29) is 17.8 Å². The third kappa shape index (κ3) is 3.15. The first-order valence-corrected chi connectivity index (χ1v) is 8.95. The molecule has 1 aromatic heterocycles. The number of fused-ring (bicyclic) bond motifs is 1. The van der Waals surface area contributed by atoms with Gasteiger partial charge in [-0.3, -0.25) is 9.59 Å². The molecular formula is C20H26N2O3. The SMILES string of the molecule is CCOC(=O)C1CCN(C(=O)c2ccc3c(c2)c(C)c(C)n3C)CC1. The van der Waals surface area contributed by atoms with Gasteiger partial charge >= 0.3 is 5.97 Å². The summed E-state index contributed by atoms with van der Waals surface area (Å²) in [4.78, 5) is 26.5. The van der Waals surface area contributed by atoms with Crippen LogP contribution < -0.4 is 0 Å². The number of hydrogen-bond donors (Lipinski definition) is 0. The molecule has 0 N–H and O–H groups in total. The number of aryl methyl sites for hydroxylation is 2. The lowest BCUT2D eigenvalue weighted by molar-refractivity contribution is -0.149. The second-order valence-corrected chi connectivity index (χ2v) is 6.82. The van der Waals surface area contributed by atoms with Crippen LogP contribution in [-0.4, -0.2) is 41.0 Å². The van der Waals surface area contributed by atoms with Gasteiger partial charge in [0, 0.05) is 42.3 Å². The normalized spacial score (nSPS) is 15.6. The number of nitrogens with zero attached hydrogens (tertiary/aromatic N) is 2. The van der Waals surface area contributed by atoms with Gasteiger partial charge in [-0.25, -0.2) is 0 Å². The zero-order valence-electron chi connectivity index (χ0n) is 15.5. The highest BCUT2D eigenvalue weighted by atomic mass is 16.5. The van der Waals surface area contributed by atoms with Crippen molar-refractivity contribution in [3.63, 3.8) is 0 Å². The van der Waals surface area contributed by atoms with Gasteiger partial charge in [0.1, 0.15) is 0 Å². The first kappa shape index (κ1) is 17.5. The summed E-state index contributed by atoms with van der Waals surface area (Å²) in [5, 5.41) is 1.13. The van der Waals surface area contributed by atoms with Gasteiger partial charge in [0.25, 0.3) is 5.91 Å². The number of carbonyl (C=O) groups excluding carboxylic acids is 2. The summed E-state index contributed by atoms with van der Waals surface area (Å²) in [6.07, 6.45) is 1.35. The number of hydrogen-bond acceptors (Lipinski definition) is 3. The molecule has 1 aromatic carbocycles. The number of rotatable bonds is 3. The van der Waals surface area contributed by atoms with E-state index in [0.29, 0.717) is 32.5 Å². The number of esters is 1. The van der Waals surface area contributed by atoms with Crippen LogP contribution in [0.4, 0.5) is 0 Å². The summed E-state index contributed by atoms with van der Waals surface area (Å²) < 4.78 is 7.25. The van der Waals surface area contributed by atoms with Crippen LogP contribution in [0.3, 0.4) is 0 Å². The number of amides is 1. The molecule has 0 saturated carbocycles. The van der Waals surface area contributed by atoms with Crippen molar-refractivity contribution in [3.05, 3.63) is 35.0 Å². The Labute approximate surface area is 148 Å². The molecule has 134 valence electrons. The molecule has 1 amide bonds. The molecule has 0 aliphatic carbocycles. The zero-order valence-corrected chi connectivity index (χ0v) is 15.5. The molecule has 0 bridgehead atoms. The molecule has 1 saturated heterocycles. The van der Waals surface area contributed by atoms with E-state index in [2.05, 4.69) is 18.4 Å². The molecule has 0 radical (unpaired) electrons. The number of likely N-dealkylation sites (tertiary alicyclic amines) is 1. The minimum atomic E-state index is -0.133. The van der Waals surface area contributed by atoms with Crippen LogP contribution in [0.2, 0.25) is 0 Å². The lowest BCUT2D eigenvalue weighted by Crippen LogP contribution is -2.40. The number of benzene rings is 1. The number of ether oxygens (including phenoxy) is 1. The minimum Gasteiger partial charge on any atom is -0.466 e. The minimum absolute atomic E-state index is 0.0464. The van der Waals surface area contributed by atoms with Crippen LogP contribution in [0, 0.1) is 19.8 Å². The molecule has 1 aliphatic heterocycles. The monoisotopic (exact) mass is 342 g/mol. The van der Waals surface area contributed by atoms with E-state index in [1.54, 1.807) is 0 Å². The van der Waals surface area contributed by atoms with E-state index >= 15 is 0 Å². The first-order valence-electron chi connectivity index (χ1n) is 8.95. The maximum atomic E-state index is 12.9. The Morgan fingerprint density at radius 3 is 2.52 bits per heavy atom. The van der Waals surface area contributed by atoms with E-state index in [1.165, 1.54) is 11.3 Å². The third-order valence-electron chi connectivity index (χ3n) is 5.46. The van der Waals surface area contributed by atoms with Crippen molar-refractivity contribution < 1.29 is 14.3 Å². The van der Waals surface area contributed by atoms with Gasteiger partial charge in [-0.2, -0.15) is 0 Å². The van der Waals surface area contributed by atoms with Crippen LogP contribution in [0.15, 0.2) is 18.2 Å². The predicted molar refractivity (Wildman–Crippen MR) is 97.7 cm³/mol. The van der Waals surface area contributed by atoms with Gasteiger partial charge in [0.2, 0.25) is 0 Å². The molecule has 5 heteroatoms. The molecule has 25 heavy (non-hydrogen) atoms. The van der Waals surface area contributed by atoms with E-state index in [9.17, 15) is 9.59 Å². The van der Waals surface area contributed by atoms with Crippen molar-refractivity contribution in [1.29, 1.82) is 0 Å². The molecule has 0 atom stereocenters. The van der Waals surface area contributed by atoms with Crippen LogP contribution in [0.5, 0.6) is 0 Å². The Morgan fingerprint density at radius 2 is 1.88 bits per heavy atom. The topological polar surface area (TPSA) is 51.5 Å². The Hall–Kier alpha value is -2.30. The van der Waals surface area contributed by atoms with E-state index in [0.717, 1.165) is 16.5 Å². The van der Waals surface area contributed by atoms with Crippen molar-refractivity contribution in [2.24, 2.45) is 13.0 Å². The molecule has 2 aromatic rings. The van der Waals surface area contributed by atoms with Crippen molar-refractivity contribution in [2.45, 2.75) is 33.6 Å². The van der Waals surface area contributed by atoms with Gasteiger partial charge in [-0.1, -0.05) is 0 Å². The first-order chi connectivity index (χ1) is 11.9. The molecule has 5 nitrogen and oxygen atoms in total. The van der Waals surface area contributed by atoms with Crippen LogP contribution in [0.25, 0.3) is 10.9 Å². The fraction of sp³-hybridized carbons (Fsp3) is 0.500. The summed E-state index contributed by atoms with van der Waals surface area (Å²) in [7, 11) is 2.05. The average molecular weight is 342 g/mol. The van der Waals surface area contributed by atoms with Gasteiger partial charge < -0.3 is 14.2 Å². The zero-order chi connectivity index (χ0) is 18.1. The summed E-state index contributed by atoms with van der Waals surface area (Å²) >= 11 is 0. The Bertz CT molecular complexity index is 814. The van der Waals surface area contributed by atoms with Crippen molar-refractivity contribution >= 4 is 22.8 Å². The summed E-state index contributed by atoms with van der Waals surface area (Å²) in [5.41, 5.74) is 4.30. The molecule has 0 spiro atoms. The fourth-order valence-corrected chi connectivity index (χ4v) is 3.65. The van der Waals surface area contributed by atoms with Gasteiger partial charge in [-0.15, -0.1) is 0 Å². The number of piperidine rings is 1. The van der Waals surface area contributed by atoms with Crippen molar-refractivity contribution in [1.82, 2.24) is 9.47 Å². The van der Waals surface area contributed by atoms with Crippen LogP contribution in [0.1, 0.15) is 41.4 Å². The Kier molecular flexibility index (Phi) is 4.84. The highest BCUT2D eigenvalue weighted by Gasteiger charge is 2.28. The van der Waals surface area contributed by atoms with E-state index in [1.807, 2.05) is 37.1 Å². The highest BCUT2D eigenvalue weighted by molar-refractivity contribution is 5.99. The summed E-state index contributed by atoms with van der Waals surface area (Å²) in [6.45, 7) is 7.63. The van der Waals surface area contributed by atoms with E-state index < -0.39 is 0 Å². The smallest absolute Gasteiger partial charge is 0.309 e. The van der Waals surface area contributed by atoms with Crippen molar-refractivity contribution in [2.75, 3.05) is 19.7 Å². The van der Waals surface area contributed by atoms with Gasteiger partial charge in [0.05, 0.1) is 12.5 Å². The number of aromatic nitrogens is 1. The fourth-order valence-electron chi connectivity index (χ4n) is 3.65. The maximum Gasteiger partial charge on any atom is 0.309 e. The highest BCUT2D eigenvalue weighted by Crippen LogP contribution is 2.26. The lowest BCUT2D eigenvalue weighted by Gasteiger charge is -2.31. The molecule has 2 heterocycles. The van der Waals surface area contributed by atoms with Crippen LogP contribution >= 0.6 is 0 Å². The third-order valence-corrected chi connectivity index (χ3v) is 5.46. The molecule has 3 rings (SSSR count). The van der Waals surface area contributed by atoms with Gasteiger partial charge in [-0.05, 0) is 57.4 Å². The molecule has 0 unspecified atom stereocenters. The Balaban J connectivity index is 1.75. The predicted octanol–water partition coefficient (Wildman–Crippen LogP) is 3.21. The summed E-state index contributed by atoms with van der Waals surface area (Å²) in [6, 6.07) is 5.92. The van der Waals surface area contributed by atoms with E-state index in [4.69, 9.17) is 4.74 Å². The Morgan fingerprint density at radius 1 is 1.20 bits per heavy atom. The molecule has 1 fully saturated rings. The lowest BCUT2D eigenvalue weighted by atomic mass is 9.96.